The van der Waals surface area contributed by atoms with Crippen LogP contribution < -0.4 is 10.9 Å². The van der Waals surface area contributed by atoms with E-state index in [2.05, 4.69) is 31.3 Å². The second kappa shape index (κ2) is 10.5. The molecule has 186 valence electrons. The van der Waals surface area contributed by atoms with Crippen LogP contribution in [0.1, 0.15) is 24.7 Å². The fourth-order valence-electron chi connectivity index (χ4n) is 4.24. The fraction of sp³-hybridized carbons (Fsp3) is 0.143. The Labute approximate surface area is 220 Å². The van der Waals surface area contributed by atoms with E-state index >= 15 is 0 Å². The number of anilines is 1. The van der Waals surface area contributed by atoms with Crippen LogP contribution >= 0.6 is 15.9 Å². The molecule has 2 aromatic heterocycles. The van der Waals surface area contributed by atoms with Crippen LogP contribution in [0.2, 0.25) is 0 Å². The van der Waals surface area contributed by atoms with E-state index in [1.807, 2.05) is 43.3 Å². The van der Waals surface area contributed by atoms with Crippen LogP contribution in [-0.2, 0) is 17.8 Å². The highest BCUT2D eigenvalue weighted by Gasteiger charge is 2.13. The summed E-state index contributed by atoms with van der Waals surface area (Å²) in [5, 5.41) is 8.49. The van der Waals surface area contributed by atoms with Crippen molar-refractivity contribution < 1.29 is 9.18 Å². The highest BCUT2D eigenvalue weighted by molar-refractivity contribution is 9.10. The first kappa shape index (κ1) is 24.6. The standard InChI is InChI=1S/C28H23BrFN5O2/c1-2-7-26-32-23-13-12-19(29)14-21(23)28(37)35(26)31-15-18-16-34(25-11-6-3-8-20(18)25)17-27(36)33-24-10-5-4-9-22(24)30/h3-6,8-16H,2,7,17H2,1H3,(H,33,36). The number of benzene rings is 3. The first-order chi connectivity index (χ1) is 17.9. The Morgan fingerprint density at radius 2 is 1.89 bits per heavy atom. The summed E-state index contributed by atoms with van der Waals surface area (Å²) < 4.78 is 17.9. The van der Waals surface area contributed by atoms with Crippen LogP contribution in [0.4, 0.5) is 10.1 Å². The van der Waals surface area contributed by atoms with Gasteiger partial charge in [-0.1, -0.05) is 53.2 Å². The van der Waals surface area contributed by atoms with Crippen molar-refractivity contribution in [3.05, 3.63) is 105 Å². The largest absolute Gasteiger partial charge is 0.337 e. The van der Waals surface area contributed by atoms with Crippen molar-refractivity contribution in [1.82, 2.24) is 14.2 Å². The molecule has 0 bridgehead atoms. The molecule has 2 heterocycles. The van der Waals surface area contributed by atoms with Gasteiger partial charge in [0.25, 0.3) is 5.56 Å². The molecule has 5 aromatic rings. The third kappa shape index (κ3) is 5.08. The van der Waals surface area contributed by atoms with E-state index < -0.39 is 5.82 Å². The zero-order chi connectivity index (χ0) is 25.9. The molecule has 5 rings (SSSR count). The summed E-state index contributed by atoms with van der Waals surface area (Å²) in [4.78, 5) is 30.7. The molecule has 9 heteroatoms. The number of nitrogens with zero attached hydrogens (tertiary/aromatic N) is 4. The zero-order valence-electron chi connectivity index (χ0n) is 20.0. The van der Waals surface area contributed by atoms with Gasteiger partial charge in [0.1, 0.15) is 18.2 Å². The van der Waals surface area contributed by atoms with E-state index in [1.165, 1.54) is 16.8 Å². The quantitative estimate of drug-likeness (QED) is 0.259. The normalized spacial score (nSPS) is 11.5. The summed E-state index contributed by atoms with van der Waals surface area (Å²) in [5.41, 5.74) is 2.05. The summed E-state index contributed by atoms with van der Waals surface area (Å²) in [6, 6.07) is 19.0. The number of fused-ring (bicyclic) bond motifs is 2. The maximum Gasteiger partial charge on any atom is 0.282 e. The van der Waals surface area contributed by atoms with Crippen LogP contribution in [0, 0.1) is 5.82 Å². The molecule has 0 radical (unpaired) electrons. The zero-order valence-corrected chi connectivity index (χ0v) is 21.6. The van der Waals surface area contributed by atoms with Crippen LogP contribution in [0.15, 0.2) is 87.3 Å². The topological polar surface area (TPSA) is 81.3 Å². The summed E-state index contributed by atoms with van der Waals surface area (Å²) in [5.74, 6) is -0.280. The first-order valence-corrected chi connectivity index (χ1v) is 12.6. The van der Waals surface area contributed by atoms with Crippen LogP contribution in [0.5, 0.6) is 0 Å². The number of rotatable bonds is 7. The van der Waals surface area contributed by atoms with E-state index in [0.29, 0.717) is 23.1 Å². The molecule has 0 unspecified atom stereocenters. The molecule has 37 heavy (non-hydrogen) atoms. The number of aromatic nitrogens is 3. The average molecular weight is 560 g/mol. The molecular formula is C28H23BrFN5O2. The number of amides is 1. The lowest BCUT2D eigenvalue weighted by molar-refractivity contribution is -0.116. The number of aryl methyl sites for hydroxylation is 1. The molecule has 0 aliphatic heterocycles. The Hall–Kier alpha value is -4.11. The molecular weight excluding hydrogens is 537 g/mol. The number of halogens is 2. The Balaban J connectivity index is 1.51. The Bertz CT molecular complexity index is 1720. The van der Waals surface area contributed by atoms with Gasteiger partial charge in [0.05, 0.1) is 22.8 Å². The highest BCUT2D eigenvalue weighted by atomic mass is 79.9. The van der Waals surface area contributed by atoms with Gasteiger partial charge in [-0.15, -0.1) is 0 Å². The minimum Gasteiger partial charge on any atom is -0.337 e. The maximum atomic E-state index is 14.0. The van der Waals surface area contributed by atoms with Gasteiger partial charge >= 0.3 is 0 Å². The lowest BCUT2D eigenvalue weighted by atomic mass is 10.2. The number of para-hydroxylation sites is 2. The molecule has 0 spiro atoms. The third-order valence-corrected chi connectivity index (χ3v) is 6.44. The van der Waals surface area contributed by atoms with Crippen molar-refractivity contribution in [3.63, 3.8) is 0 Å². The summed E-state index contributed by atoms with van der Waals surface area (Å²) in [6.45, 7) is 2.00. The minimum atomic E-state index is -0.495. The maximum absolute atomic E-state index is 14.0. The van der Waals surface area contributed by atoms with Crippen molar-refractivity contribution in [1.29, 1.82) is 0 Å². The lowest BCUT2D eigenvalue weighted by Crippen LogP contribution is -2.22. The monoisotopic (exact) mass is 559 g/mol. The number of carbonyl (C=O) groups excluding carboxylic acids is 1. The molecule has 0 aliphatic rings. The van der Waals surface area contributed by atoms with Gasteiger partial charge in [0.15, 0.2) is 0 Å². The van der Waals surface area contributed by atoms with Crippen molar-refractivity contribution in [3.8, 4) is 0 Å². The molecule has 0 saturated carbocycles. The van der Waals surface area contributed by atoms with Gasteiger partial charge in [-0.25, -0.2) is 9.37 Å². The Morgan fingerprint density at radius 3 is 2.70 bits per heavy atom. The van der Waals surface area contributed by atoms with E-state index in [1.54, 1.807) is 35.2 Å². The molecule has 0 atom stereocenters. The van der Waals surface area contributed by atoms with E-state index in [9.17, 15) is 14.0 Å². The first-order valence-electron chi connectivity index (χ1n) is 11.8. The molecule has 1 N–H and O–H groups in total. The fourth-order valence-corrected chi connectivity index (χ4v) is 4.60. The molecule has 7 nitrogen and oxygen atoms in total. The predicted octanol–water partition coefficient (Wildman–Crippen LogP) is 5.73. The van der Waals surface area contributed by atoms with Gasteiger partial charge in [-0.2, -0.15) is 9.78 Å². The number of nitrogens with one attached hydrogen (secondary N) is 1. The van der Waals surface area contributed by atoms with Crippen LogP contribution in [0.25, 0.3) is 21.8 Å². The highest BCUT2D eigenvalue weighted by Crippen LogP contribution is 2.21. The molecule has 3 aromatic carbocycles. The molecule has 0 aliphatic carbocycles. The average Bonchev–Trinajstić information content (AvgIpc) is 3.23. The van der Waals surface area contributed by atoms with Crippen LogP contribution in [-0.4, -0.2) is 26.3 Å². The molecule has 0 saturated heterocycles. The number of carbonyl (C=O) groups is 1. The number of hydrogen-bond donors (Lipinski definition) is 1. The van der Waals surface area contributed by atoms with Crippen LogP contribution in [0.3, 0.4) is 0 Å². The molecule has 0 fully saturated rings. The van der Waals surface area contributed by atoms with Gasteiger partial charge in [-0.3, -0.25) is 9.59 Å². The molecule has 1 amide bonds. The SMILES string of the molecule is CCCc1nc2ccc(Br)cc2c(=O)n1N=Cc1cn(CC(=O)Nc2ccccc2F)c2ccccc12. The van der Waals surface area contributed by atoms with Gasteiger partial charge in [-0.05, 0) is 42.8 Å². The smallest absolute Gasteiger partial charge is 0.282 e. The Morgan fingerprint density at radius 1 is 1.11 bits per heavy atom. The van der Waals surface area contributed by atoms with Gasteiger partial charge < -0.3 is 9.88 Å². The van der Waals surface area contributed by atoms with E-state index in [-0.39, 0.29) is 23.7 Å². The minimum absolute atomic E-state index is 0.0186. The summed E-state index contributed by atoms with van der Waals surface area (Å²) in [6.07, 6.45) is 4.81. The van der Waals surface area contributed by atoms with Gasteiger partial charge in [0.2, 0.25) is 5.91 Å². The van der Waals surface area contributed by atoms with Gasteiger partial charge in [0, 0.05) is 33.6 Å². The van der Waals surface area contributed by atoms with Crippen molar-refractivity contribution in [2.75, 3.05) is 5.32 Å². The van der Waals surface area contributed by atoms with E-state index in [4.69, 9.17) is 0 Å². The van der Waals surface area contributed by atoms with Crippen molar-refractivity contribution in [2.24, 2.45) is 5.10 Å². The summed E-state index contributed by atoms with van der Waals surface area (Å²) in [7, 11) is 0. The van der Waals surface area contributed by atoms with E-state index in [0.717, 1.165) is 27.4 Å². The number of hydrogen-bond acceptors (Lipinski definition) is 4. The lowest BCUT2D eigenvalue weighted by Gasteiger charge is -2.08. The Kier molecular flexibility index (Phi) is 6.96. The third-order valence-electron chi connectivity index (χ3n) is 5.94. The second-order valence-electron chi connectivity index (χ2n) is 8.56. The predicted molar refractivity (Wildman–Crippen MR) is 148 cm³/mol. The second-order valence-corrected chi connectivity index (χ2v) is 9.47. The summed E-state index contributed by atoms with van der Waals surface area (Å²) >= 11 is 3.42. The van der Waals surface area contributed by atoms with Crippen molar-refractivity contribution in [2.45, 2.75) is 26.3 Å². The van der Waals surface area contributed by atoms with Crippen molar-refractivity contribution >= 4 is 55.5 Å².